The molecule has 3 N–H and O–H groups in total. The molecule has 0 aliphatic rings. The van der Waals surface area contributed by atoms with E-state index >= 15 is 0 Å². The fraction of sp³-hybridized carbons (Fsp3) is 0.154. The number of anilines is 1. The number of oxazole rings is 1. The van der Waals surface area contributed by atoms with E-state index < -0.39 is 23.4 Å². The van der Waals surface area contributed by atoms with Crippen molar-refractivity contribution >= 4 is 29.1 Å². The smallest absolute Gasteiger partial charge is 0.267 e. The van der Waals surface area contributed by atoms with Crippen LogP contribution < -0.4 is 21.3 Å². The molecule has 192 valence electrons. The van der Waals surface area contributed by atoms with Crippen LogP contribution in [0.25, 0.3) is 11.1 Å². The molecule has 4 aromatic rings. The number of nitrogens with one attached hydrogen (secondary N) is 1. The molecular formula is C26H21ClN6O5. The topological polar surface area (TPSA) is 166 Å². The molecule has 0 spiro atoms. The first kappa shape index (κ1) is 26.1. The molecule has 0 saturated heterocycles. The summed E-state index contributed by atoms with van der Waals surface area (Å²) in [6.07, 6.45) is 4.09. The lowest BCUT2D eigenvalue weighted by atomic mass is 10.00. The zero-order valence-electron chi connectivity index (χ0n) is 20.3. The molecule has 0 radical (unpaired) electrons. The van der Waals surface area contributed by atoms with Gasteiger partial charge in [-0.25, -0.2) is 9.97 Å². The van der Waals surface area contributed by atoms with Crippen LogP contribution >= 0.6 is 11.6 Å². The molecule has 0 bridgehead atoms. The van der Waals surface area contributed by atoms with Gasteiger partial charge in [0.25, 0.3) is 11.5 Å². The van der Waals surface area contributed by atoms with Crippen LogP contribution in [0.3, 0.4) is 0 Å². The van der Waals surface area contributed by atoms with Gasteiger partial charge < -0.3 is 20.2 Å². The summed E-state index contributed by atoms with van der Waals surface area (Å²) in [7, 11) is 1.41. The number of nitrogens with two attached hydrogens (primary N) is 1. The Morgan fingerprint density at radius 2 is 2.05 bits per heavy atom. The Labute approximate surface area is 221 Å². The monoisotopic (exact) mass is 532 g/mol. The molecule has 3 aromatic heterocycles. The van der Waals surface area contributed by atoms with E-state index in [0.717, 1.165) is 0 Å². The van der Waals surface area contributed by atoms with Gasteiger partial charge in [-0.15, -0.1) is 0 Å². The van der Waals surface area contributed by atoms with Crippen LogP contribution in [0.4, 0.5) is 5.69 Å². The first-order valence-electron chi connectivity index (χ1n) is 11.2. The van der Waals surface area contributed by atoms with Crippen LogP contribution in [-0.2, 0) is 11.2 Å². The largest absolute Gasteiger partial charge is 0.495 e. The molecule has 1 atom stereocenters. The highest BCUT2D eigenvalue weighted by Crippen LogP contribution is 2.33. The molecule has 1 unspecified atom stereocenters. The van der Waals surface area contributed by atoms with Crippen molar-refractivity contribution in [2.45, 2.75) is 19.4 Å². The van der Waals surface area contributed by atoms with Gasteiger partial charge in [-0.05, 0) is 30.3 Å². The van der Waals surface area contributed by atoms with E-state index in [9.17, 15) is 19.6 Å². The van der Waals surface area contributed by atoms with Crippen molar-refractivity contribution in [3.8, 4) is 22.9 Å². The molecule has 12 heteroatoms. The average Bonchev–Trinajstić information content (AvgIpc) is 3.32. The van der Waals surface area contributed by atoms with Gasteiger partial charge in [0, 0.05) is 35.6 Å². The summed E-state index contributed by atoms with van der Waals surface area (Å²) in [5.41, 5.74) is 6.51. The second kappa shape index (κ2) is 11.0. The molecule has 3 heterocycles. The second-order valence-corrected chi connectivity index (χ2v) is 8.60. The number of hydrogen-bond donors (Lipinski definition) is 2. The fourth-order valence-corrected chi connectivity index (χ4v) is 4.01. The number of halogens is 1. The third-order valence-electron chi connectivity index (χ3n) is 5.65. The predicted molar refractivity (Wildman–Crippen MR) is 138 cm³/mol. The summed E-state index contributed by atoms with van der Waals surface area (Å²) in [6, 6.07) is 9.80. The Kier molecular flexibility index (Phi) is 7.55. The molecule has 38 heavy (non-hydrogen) atoms. The van der Waals surface area contributed by atoms with Crippen LogP contribution in [0.15, 0.2) is 64.3 Å². The van der Waals surface area contributed by atoms with Crippen molar-refractivity contribution in [2.75, 3.05) is 12.4 Å². The summed E-state index contributed by atoms with van der Waals surface area (Å²) in [4.78, 5) is 46.3. The summed E-state index contributed by atoms with van der Waals surface area (Å²) >= 11 is 6.15. The number of primary amides is 1. The molecule has 0 saturated carbocycles. The van der Waals surface area contributed by atoms with E-state index in [1.165, 1.54) is 48.5 Å². The lowest BCUT2D eigenvalue weighted by Crippen LogP contribution is -2.34. The number of carbonyl (C=O) groups excluding carboxylic acids is 2. The summed E-state index contributed by atoms with van der Waals surface area (Å²) in [5, 5.41) is 12.6. The maximum atomic E-state index is 13.4. The lowest BCUT2D eigenvalue weighted by Gasteiger charge is -2.21. The zero-order valence-corrected chi connectivity index (χ0v) is 21.0. The summed E-state index contributed by atoms with van der Waals surface area (Å²) in [5.74, 6) is -0.627. The number of rotatable bonds is 8. The highest BCUT2D eigenvalue weighted by Gasteiger charge is 2.26. The number of nitrogens with zero attached hydrogens (tertiary/aromatic N) is 4. The molecule has 0 aliphatic heterocycles. The van der Waals surface area contributed by atoms with Crippen molar-refractivity contribution < 1.29 is 18.7 Å². The number of carbonyl (C=O) groups is 2. The van der Waals surface area contributed by atoms with Gasteiger partial charge in [0.1, 0.15) is 23.7 Å². The van der Waals surface area contributed by atoms with E-state index in [2.05, 4.69) is 21.4 Å². The summed E-state index contributed by atoms with van der Waals surface area (Å²) < 4.78 is 12.0. The number of benzene rings is 1. The Morgan fingerprint density at radius 3 is 2.66 bits per heavy atom. The lowest BCUT2D eigenvalue weighted by molar-refractivity contribution is -0.119. The minimum Gasteiger partial charge on any atom is -0.495 e. The van der Waals surface area contributed by atoms with Gasteiger partial charge in [0.05, 0.1) is 42.5 Å². The number of ether oxygens (including phenoxy) is 1. The van der Waals surface area contributed by atoms with Crippen LogP contribution in [0, 0.1) is 18.3 Å². The second-order valence-electron chi connectivity index (χ2n) is 8.17. The molecule has 0 fully saturated rings. The minimum atomic E-state index is -1.08. The first-order valence-corrected chi connectivity index (χ1v) is 11.6. The first-order chi connectivity index (χ1) is 18.2. The SMILES string of the molecule is COc1cn(C(Cc2coc(C)n2)C(=O)Nc2ccc(C(N)=O)nc2)c(=O)cc1-c1cc(Cl)ccc1C#N. The standard InChI is InChI=1S/C26H21ClN6O5/c1-14-31-18(13-38-14)8-22(26(36)32-17-5-6-21(25(29)35)30-11-17)33-12-23(37-2)20(9-24(33)34)19-7-16(27)4-3-15(19)10-28/h3-7,9,11-13,22H,8H2,1-2H3,(H2,29,35)(H,32,36). The van der Waals surface area contributed by atoms with E-state index in [1.807, 2.05) is 0 Å². The average molecular weight is 533 g/mol. The third-order valence-corrected chi connectivity index (χ3v) is 5.88. The number of aromatic nitrogens is 3. The van der Waals surface area contributed by atoms with Gasteiger partial charge in [0.15, 0.2) is 5.89 Å². The number of nitriles is 1. The summed E-state index contributed by atoms with van der Waals surface area (Å²) in [6.45, 7) is 1.66. The number of methoxy groups -OCH3 is 1. The van der Waals surface area contributed by atoms with Gasteiger partial charge in [0.2, 0.25) is 5.91 Å². The molecule has 0 aliphatic carbocycles. The highest BCUT2D eigenvalue weighted by atomic mass is 35.5. The molecule has 11 nitrogen and oxygen atoms in total. The maximum absolute atomic E-state index is 13.4. The van der Waals surface area contributed by atoms with Gasteiger partial charge in [-0.1, -0.05) is 11.6 Å². The van der Waals surface area contributed by atoms with E-state index in [1.54, 1.807) is 25.1 Å². The van der Waals surface area contributed by atoms with Crippen molar-refractivity contribution in [3.05, 3.63) is 93.3 Å². The minimum absolute atomic E-state index is 0.0129. The van der Waals surface area contributed by atoms with Crippen LogP contribution in [0.2, 0.25) is 5.02 Å². The van der Waals surface area contributed by atoms with E-state index in [4.69, 9.17) is 26.5 Å². The van der Waals surface area contributed by atoms with Crippen molar-refractivity contribution in [1.29, 1.82) is 5.26 Å². The van der Waals surface area contributed by atoms with Gasteiger partial charge >= 0.3 is 0 Å². The Bertz CT molecular complexity index is 1620. The third kappa shape index (κ3) is 5.55. The number of hydrogen-bond acceptors (Lipinski definition) is 8. The normalized spacial score (nSPS) is 11.4. The van der Waals surface area contributed by atoms with Crippen LogP contribution in [0.1, 0.15) is 33.7 Å². The Balaban J connectivity index is 1.78. The zero-order chi connectivity index (χ0) is 27.4. The Morgan fingerprint density at radius 1 is 1.26 bits per heavy atom. The molecule has 4 rings (SSSR count). The van der Waals surface area contributed by atoms with Crippen LogP contribution in [0.5, 0.6) is 5.75 Å². The quantitative estimate of drug-likeness (QED) is 0.348. The maximum Gasteiger partial charge on any atom is 0.267 e. The number of amides is 2. The van der Waals surface area contributed by atoms with Gasteiger partial charge in [-0.3, -0.25) is 19.0 Å². The van der Waals surface area contributed by atoms with Crippen LogP contribution in [-0.4, -0.2) is 33.5 Å². The van der Waals surface area contributed by atoms with Crippen molar-refractivity contribution in [3.63, 3.8) is 0 Å². The van der Waals surface area contributed by atoms with Crippen molar-refractivity contribution in [2.24, 2.45) is 5.73 Å². The van der Waals surface area contributed by atoms with E-state index in [-0.39, 0.29) is 23.6 Å². The molecular weight excluding hydrogens is 512 g/mol. The molecule has 2 amide bonds. The fourth-order valence-electron chi connectivity index (χ4n) is 3.84. The predicted octanol–water partition coefficient (Wildman–Crippen LogP) is 3.26. The number of pyridine rings is 2. The Hall–Kier alpha value is -4.95. The number of aryl methyl sites for hydroxylation is 1. The van der Waals surface area contributed by atoms with Crippen molar-refractivity contribution in [1.82, 2.24) is 14.5 Å². The molecule has 1 aromatic carbocycles. The van der Waals surface area contributed by atoms with Gasteiger partial charge in [-0.2, -0.15) is 5.26 Å². The van der Waals surface area contributed by atoms with E-state index in [0.29, 0.717) is 33.3 Å². The highest BCUT2D eigenvalue weighted by molar-refractivity contribution is 6.31.